The van der Waals surface area contributed by atoms with Gasteiger partial charge in [-0.15, -0.1) is 22.7 Å². The van der Waals surface area contributed by atoms with Gasteiger partial charge in [-0.1, -0.05) is 152 Å². The summed E-state index contributed by atoms with van der Waals surface area (Å²) in [5.74, 6) is 1.99. The van der Waals surface area contributed by atoms with E-state index >= 15 is 0 Å². The van der Waals surface area contributed by atoms with E-state index in [0.29, 0.717) is 17.5 Å². The lowest BCUT2D eigenvalue weighted by molar-refractivity contribution is 0.794. The van der Waals surface area contributed by atoms with Gasteiger partial charge >= 0.3 is 0 Å². The lowest BCUT2D eigenvalue weighted by Crippen LogP contribution is -2.25. The highest BCUT2D eigenvalue weighted by molar-refractivity contribution is 7.26. The van der Waals surface area contributed by atoms with Crippen molar-refractivity contribution in [3.05, 3.63) is 222 Å². The van der Waals surface area contributed by atoms with Gasteiger partial charge in [0.25, 0.3) is 0 Å². The average Bonchev–Trinajstić information content (AvgIpc) is 4.09. The Bertz CT molecular complexity index is 3810. The van der Waals surface area contributed by atoms with Gasteiger partial charge in [-0.2, -0.15) is 0 Å². The third-order valence-electron chi connectivity index (χ3n) is 13.4. The first-order chi connectivity index (χ1) is 31.2. The Morgan fingerprint density at radius 1 is 0.286 bits per heavy atom. The topological polar surface area (TPSA) is 38.7 Å². The molecule has 0 saturated heterocycles. The molecule has 63 heavy (non-hydrogen) atoms. The minimum atomic E-state index is -0.393. The lowest BCUT2D eigenvalue weighted by atomic mass is 9.70. The molecule has 0 fully saturated rings. The molecular weight excluding hydrogens is 803 g/mol. The summed E-state index contributed by atoms with van der Waals surface area (Å²) in [6.07, 6.45) is 0. The summed E-state index contributed by atoms with van der Waals surface area (Å²) in [5.41, 5.74) is 15.6. The van der Waals surface area contributed by atoms with Crippen molar-refractivity contribution in [3.63, 3.8) is 0 Å². The van der Waals surface area contributed by atoms with E-state index in [2.05, 4.69) is 182 Å². The number of hydrogen-bond donors (Lipinski definition) is 0. The van der Waals surface area contributed by atoms with E-state index in [1.165, 1.54) is 96.0 Å². The quantitative estimate of drug-likeness (QED) is 0.177. The first-order valence-corrected chi connectivity index (χ1v) is 23.0. The van der Waals surface area contributed by atoms with Gasteiger partial charge in [0.2, 0.25) is 0 Å². The van der Waals surface area contributed by atoms with E-state index in [0.717, 1.165) is 16.7 Å². The summed E-state index contributed by atoms with van der Waals surface area (Å²) in [4.78, 5) is 15.7. The molecule has 3 nitrogen and oxygen atoms in total. The molecule has 12 aromatic rings. The highest BCUT2D eigenvalue weighted by Gasteiger charge is 2.51. The zero-order valence-corrected chi connectivity index (χ0v) is 35.3. The van der Waals surface area contributed by atoms with Crippen molar-refractivity contribution in [3.8, 4) is 67.5 Å². The number of fused-ring (bicyclic) bond motifs is 16. The van der Waals surface area contributed by atoms with Crippen LogP contribution in [0, 0.1) is 0 Å². The van der Waals surface area contributed by atoms with Crippen LogP contribution in [0.3, 0.4) is 0 Å². The monoisotopic (exact) mass is 835 g/mol. The second kappa shape index (κ2) is 13.2. The molecule has 0 amide bonds. The van der Waals surface area contributed by atoms with Crippen molar-refractivity contribution in [1.29, 1.82) is 0 Å². The number of hydrogen-bond acceptors (Lipinski definition) is 5. The molecule has 0 aliphatic heterocycles. The molecule has 0 atom stereocenters. The van der Waals surface area contributed by atoms with E-state index in [4.69, 9.17) is 15.0 Å². The first-order valence-electron chi connectivity index (χ1n) is 21.3. The smallest absolute Gasteiger partial charge is 0.164 e. The summed E-state index contributed by atoms with van der Waals surface area (Å²) in [6.45, 7) is 0. The number of benzene rings is 9. The SMILES string of the molecule is c1ccc(-c2nc(-c3ccc4sc5ccccc5c4c3)nc(-c3cccc4sc5ccc(-c6ccc7c(c6)C6(c8ccccc8-c8ccccc86)c6ccccc6-7)cc5c34)n2)cc1. The Hall–Kier alpha value is -7.57. The molecule has 1 spiro atoms. The molecule has 9 aromatic carbocycles. The number of rotatable bonds is 4. The molecule has 0 N–H and O–H groups in total. The third-order valence-corrected chi connectivity index (χ3v) is 15.7. The van der Waals surface area contributed by atoms with Crippen molar-refractivity contribution in [2.75, 3.05) is 0 Å². The second-order valence-electron chi connectivity index (χ2n) is 16.6. The van der Waals surface area contributed by atoms with Gasteiger partial charge in [0, 0.05) is 57.0 Å². The van der Waals surface area contributed by atoms with Gasteiger partial charge in [-0.25, -0.2) is 15.0 Å². The third kappa shape index (κ3) is 4.97. The zero-order chi connectivity index (χ0) is 41.2. The number of thiophene rings is 2. The van der Waals surface area contributed by atoms with Crippen molar-refractivity contribution in [2.45, 2.75) is 5.41 Å². The van der Waals surface area contributed by atoms with E-state index in [-0.39, 0.29) is 0 Å². The molecule has 2 aliphatic carbocycles. The van der Waals surface area contributed by atoms with Crippen LogP contribution in [0.5, 0.6) is 0 Å². The molecule has 0 bridgehead atoms. The van der Waals surface area contributed by atoms with Crippen LogP contribution in [0.2, 0.25) is 0 Å². The molecular formula is C58H33N3S2. The molecule has 2 aliphatic rings. The Morgan fingerprint density at radius 2 is 0.778 bits per heavy atom. The van der Waals surface area contributed by atoms with Crippen LogP contribution < -0.4 is 0 Å². The molecule has 5 heteroatoms. The van der Waals surface area contributed by atoms with Crippen molar-refractivity contribution in [1.82, 2.24) is 15.0 Å². The Balaban J connectivity index is 0.958. The fraction of sp³-hybridized carbons (Fsp3) is 0.0172. The lowest BCUT2D eigenvalue weighted by Gasteiger charge is -2.30. The second-order valence-corrected chi connectivity index (χ2v) is 18.8. The molecule has 0 saturated carbocycles. The van der Waals surface area contributed by atoms with Gasteiger partial charge in [-0.05, 0) is 104 Å². The molecule has 0 radical (unpaired) electrons. The van der Waals surface area contributed by atoms with Gasteiger partial charge in [-0.3, -0.25) is 0 Å². The van der Waals surface area contributed by atoms with Crippen molar-refractivity contribution < 1.29 is 0 Å². The Morgan fingerprint density at radius 3 is 1.52 bits per heavy atom. The van der Waals surface area contributed by atoms with Crippen molar-refractivity contribution in [2.24, 2.45) is 0 Å². The molecule has 0 unspecified atom stereocenters. The summed E-state index contributed by atoms with van der Waals surface area (Å²) in [7, 11) is 0. The Labute approximate surface area is 371 Å². The van der Waals surface area contributed by atoms with E-state index < -0.39 is 5.41 Å². The minimum Gasteiger partial charge on any atom is -0.208 e. The minimum absolute atomic E-state index is 0.393. The summed E-state index contributed by atoms with van der Waals surface area (Å²) >= 11 is 3.64. The maximum Gasteiger partial charge on any atom is 0.164 e. The molecule has 14 rings (SSSR count). The van der Waals surface area contributed by atoms with Crippen LogP contribution in [-0.4, -0.2) is 15.0 Å². The highest BCUT2D eigenvalue weighted by atomic mass is 32.1. The van der Waals surface area contributed by atoms with Gasteiger partial charge < -0.3 is 0 Å². The number of nitrogens with zero attached hydrogens (tertiary/aromatic N) is 3. The zero-order valence-electron chi connectivity index (χ0n) is 33.7. The fourth-order valence-electron chi connectivity index (χ4n) is 10.7. The average molecular weight is 836 g/mol. The predicted octanol–water partition coefficient (Wildman–Crippen LogP) is 15.6. The van der Waals surface area contributed by atoms with Crippen molar-refractivity contribution >= 4 is 63.0 Å². The number of aromatic nitrogens is 3. The van der Waals surface area contributed by atoms with E-state index in [1.807, 2.05) is 40.9 Å². The van der Waals surface area contributed by atoms with Crippen LogP contribution in [-0.2, 0) is 5.41 Å². The van der Waals surface area contributed by atoms with Gasteiger partial charge in [0.1, 0.15) is 0 Å². The summed E-state index contributed by atoms with van der Waals surface area (Å²) < 4.78 is 4.97. The maximum absolute atomic E-state index is 5.31. The van der Waals surface area contributed by atoms with Crippen LogP contribution >= 0.6 is 22.7 Å². The fourth-order valence-corrected chi connectivity index (χ4v) is 12.9. The predicted molar refractivity (Wildman–Crippen MR) is 264 cm³/mol. The summed E-state index contributed by atoms with van der Waals surface area (Å²) in [5, 5.41) is 4.84. The van der Waals surface area contributed by atoms with Gasteiger partial charge in [0.05, 0.1) is 5.41 Å². The largest absolute Gasteiger partial charge is 0.208 e. The van der Waals surface area contributed by atoms with Crippen LogP contribution in [0.1, 0.15) is 22.3 Å². The molecule has 3 heterocycles. The first kappa shape index (κ1) is 35.1. The molecule has 3 aromatic heterocycles. The van der Waals surface area contributed by atoms with Crippen LogP contribution in [0.15, 0.2) is 200 Å². The van der Waals surface area contributed by atoms with E-state index in [9.17, 15) is 0 Å². The van der Waals surface area contributed by atoms with Crippen LogP contribution in [0.25, 0.3) is 108 Å². The molecule has 292 valence electrons. The van der Waals surface area contributed by atoms with Crippen LogP contribution in [0.4, 0.5) is 0 Å². The standard InChI is InChI=1S/C58H33N3S2/c1-2-13-34(14-3-1)55-59-56(37-27-30-51-44(32-37)42-18-7-11-23-50(42)62-51)61-57(60-55)43-19-12-24-53-54(43)45-31-35(26-29-52(45)63-53)36-25-28-41-40-17-6-10-22-48(40)58(49(41)33-36)46-20-8-4-15-38(46)39-16-5-9-21-47(39)58/h1-33H. The maximum atomic E-state index is 5.31. The Kier molecular flexibility index (Phi) is 7.36. The van der Waals surface area contributed by atoms with Gasteiger partial charge in [0.15, 0.2) is 17.5 Å². The van der Waals surface area contributed by atoms with E-state index in [1.54, 1.807) is 0 Å². The summed E-state index contributed by atoms with van der Waals surface area (Å²) in [6, 6.07) is 73.2. The normalized spacial score (nSPS) is 13.2. The highest BCUT2D eigenvalue weighted by Crippen LogP contribution is 2.63.